The molecule has 10 heteroatoms. The summed E-state index contributed by atoms with van der Waals surface area (Å²) < 4.78 is 8.68. The van der Waals surface area contributed by atoms with E-state index in [1.165, 1.54) is 16.8 Å². The van der Waals surface area contributed by atoms with Crippen molar-refractivity contribution in [2.24, 2.45) is 0 Å². The number of hydrogen-bond donors (Lipinski definition) is 0. The van der Waals surface area contributed by atoms with Gasteiger partial charge in [-0.1, -0.05) is 24.3 Å². The minimum Gasteiger partial charge on any atom is -0.464 e. The van der Waals surface area contributed by atoms with E-state index in [0.717, 1.165) is 11.3 Å². The summed E-state index contributed by atoms with van der Waals surface area (Å²) in [5.41, 5.74) is 2.03. The summed E-state index contributed by atoms with van der Waals surface area (Å²) in [6.45, 7) is 0.356. The first-order valence-corrected chi connectivity index (χ1v) is 9.75. The molecule has 0 radical (unpaired) electrons. The van der Waals surface area contributed by atoms with Crippen LogP contribution in [0.3, 0.4) is 0 Å². The van der Waals surface area contributed by atoms with E-state index in [-0.39, 0.29) is 29.8 Å². The number of nitro groups is 1. The Morgan fingerprint density at radius 2 is 1.88 bits per heavy atom. The van der Waals surface area contributed by atoms with Gasteiger partial charge in [-0.2, -0.15) is 10.2 Å². The number of aromatic nitrogens is 4. The second kappa shape index (κ2) is 9.13. The maximum atomic E-state index is 12.7. The van der Waals surface area contributed by atoms with E-state index in [9.17, 15) is 14.9 Å². The molecule has 0 bridgehead atoms. The van der Waals surface area contributed by atoms with Crippen LogP contribution < -0.4 is 4.74 Å². The zero-order chi connectivity index (χ0) is 22.5. The SMILES string of the molecule is CN(Cc1ccc(-n2cccn2)cc1)C(=O)c1ccn(COc2ccccc2[N+](=O)[O-])n1. The second-order valence-electron chi connectivity index (χ2n) is 7.02. The molecule has 1 amide bonds. The van der Waals surface area contributed by atoms with Crippen molar-refractivity contribution in [2.45, 2.75) is 13.3 Å². The van der Waals surface area contributed by atoms with Gasteiger partial charge in [0.1, 0.15) is 0 Å². The van der Waals surface area contributed by atoms with Gasteiger partial charge in [0, 0.05) is 38.2 Å². The Kier molecular flexibility index (Phi) is 5.93. The fourth-order valence-corrected chi connectivity index (χ4v) is 3.13. The zero-order valence-corrected chi connectivity index (χ0v) is 17.2. The summed E-state index contributed by atoms with van der Waals surface area (Å²) in [6, 6.07) is 17.3. The molecule has 0 aliphatic rings. The molecule has 4 rings (SSSR count). The molecule has 2 heterocycles. The number of ether oxygens (including phenoxy) is 1. The molecule has 4 aromatic rings. The summed E-state index contributed by atoms with van der Waals surface area (Å²) in [5.74, 6) is -0.109. The highest BCUT2D eigenvalue weighted by Crippen LogP contribution is 2.26. The van der Waals surface area contributed by atoms with Crippen LogP contribution in [0.1, 0.15) is 16.1 Å². The maximum absolute atomic E-state index is 12.7. The van der Waals surface area contributed by atoms with Crippen LogP contribution in [0.25, 0.3) is 5.69 Å². The molecular weight excluding hydrogens is 412 g/mol. The lowest BCUT2D eigenvalue weighted by atomic mass is 10.2. The fourth-order valence-electron chi connectivity index (χ4n) is 3.13. The number of para-hydroxylation sites is 2. The van der Waals surface area contributed by atoms with E-state index in [0.29, 0.717) is 6.54 Å². The molecule has 0 aliphatic heterocycles. The average Bonchev–Trinajstić information content (AvgIpc) is 3.50. The summed E-state index contributed by atoms with van der Waals surface area (Å²) in [6.07, 6.45) is 5.17. The van der Waals surface area contributed by atoms with Crippen molar-refractivity contribution >= 4 is 11.6 Å². The number of amides is 1. The van der Waals surface area contributed by atoms with Crippen molar-refractivity contribution in [3.63, 3.8) is 0 Å². The predicted molar refractivity (Wildman–Crippen MR) is 115 cm³/mol. The molecule has 162 valence electrons. The largest absolute Gasteiger partial charge is 0.464 e. The Morgan fingerprint density at radius 1 is 1.09 bits per heavy atom. The highest BCUT2D eigenvalue weighted by molar-refractivity contribution is 5.91. The maximum Gasteiger partial charge on any atom is 0.311 e. The molecule has 0 saturated heterocycles. The van der Waals surface area contributed by atoms with Crippen LogP contribution in [0, 0.1) is 10.1 Å². The first-order valence-electron chi connectivity index (χ1n) is 9.75. The number of nitrogens with zero attached hydrogens (tertiary/aromatic N) is 6. The lowest BCUT2D eigenvalue weighted by Gasteiger charge is -2.16. The number of carbonyl (C=O) groups excluding carboxylic acids is 1. The smallest absolute Gasteiger partial charge is 0.311 e. The normalized spacial score (nSPS) is 10.7. The molecule has 0 aliphatic carbocycles. The predicted octanol–water partition coefficient (Wildman–Crippen LogP) is 3.29. The van der Waals surface area contributed by atoms with Crippen LogP contribution in [0.2, 0.25) is 0 Å². The van der Waals surface area contributed by atoms with Gasteiger partial charge in [-0.05, 0) is 35.9 Å². The van der Waals surface area contributed by atoms with Gasteiger partial charge in [-0.15, -0.1) is 0 Å². The van der Waals surface area contributed by atoms with E-state index in [2.05, 4.69) is 10.2 Å². The first kappa shape index (κ1) is 20.8. The molecule has 0 spiro atoms. The highest BCUT2D eigenvalue weighted by Gasteiger charge is 2.17. The van der Waals surface area contributed by atoms with Crippen LogP contribution in [-0.2, 0) is 13.3 Å². The van der Waals surface area contributed by atoms with Gasteiger partial charge in [0.25, 0.3) is 5.91 Å². The Hall–Kier alpha value is -4.47. The molecule has 0 fully saturated rings. The monoisotopic (exact) mass is 432 g/mol. The van der Waals surface area contributed by atoms with Crippen molar-refractivity contribution in [3.05, 3.63) is 101 Å². The Morgan fingerprint density at radius 3 is 2.59 bits per heavy atom. The molecule has 2 aromatic carbocycles. The van der Waals surface area contributed by atoms with E-state index < -0.39 is 4.92 Å². The summed E-state index contributed by atoms with van der Waals surface area (Å²) in [7, 11) is 1.70. The molecule has 0 unspecified atom stereocenters. The van der Waals surface area contributed by atoms with Crippen molar-refractivity contribution in [2.75, 3.05) is 7.05 Å². The van der Waals surface area contributed by atoms with E-state index in [1.54, 1.807) is 47.2 Å². The molecule has 0 atom stereocenters. The molecular formula is C22H20N6O4. The Bertz CT molecular complexity index is 1220. The fraction of sp³-hybridized carbons (Fsp3) is 0.136. The quantitative estimate of drug-likeness (QED) is 0.312. The number of benzene rings is 2. The second-order valence-corrected chi connectivity index (χ2v) is 7.02. The van der Waals surface area contributed by atoms with Gasteiger partial charge >= 0.3 is 5.69 Å². The molecule has 10 nitrogen and oxygen atoms in total. The zero-order valence-electron chi connectivity index (χ0n) is 17.2. The van der Waals surface area contributed by atoms with Gasteiger partial charge in [0.05, 0.1) is 10.6 Å². The van der Waals surface area contributed by atoms with Crippen LogP contribution in [0.5, 0.6) is 5.75 Å². The third-order valence-corrected chi connectivity index (χ3v) is 4.75. The Labute approximate surface area is 183 Å². The van der Waals surface area contributed by atoms with Crippen molar-refractivity contribution in [1.82, 2.24) is 24.5 Å². The minimum absolute atomic E-state index is 0.0588. The topological polar surface area (TPSA) is 108 Å². The molecule has 0 saturated carbocycles. The summed E-state index contributed by atoms with van der Waals surface area (Å²) in [4.78, 5) is 24.9. The lowest BCUT2D eigenvalue weighted by Crippen LogP contribution is -2.26. The minimum atomic E-state index is -0.510. The molecule has 2 aromatic heterocycles. The van der Waals surface area contributed by atoms with Gasteiger partial charge in [0.2, 0.25) is 0 Å². The molecule has 32 heavy (non-hydrogen) atoms. The van der Waals surface area contributed by atoms with Gasteiger partial charge < -0.3 is 9.64 Å². The van der Waals surface area contributed by atoms with Crippen molar-refractivity contribution in [1.29, 1.82) is 0 Å². The van der Waals surface area contributed by atoms with E-state index >= 15 is 0 Å². The van der Waals surface area contributed by atoms with Crippen LogP contribution in [0.15, 0.2) is 79.3 Å². The first-order chi connectivity index (χ1) is 15.5. The number of hydrogen-bond acceptors (Lipinski definition) is 6. The summed E-state index contributed by atoms with van der Waals surface area (Å²) >= 11 is 0. The van der Waals surface area contributed by atoms with Crippen molar-refractivity contribution in [3.8, 4) is 11.4 Å². The van der Waals surface area contributed by atoms with Gasteiger partial charge in [-0.3, -0.25) is 14.9 Å². The summed E-state index contributed by atoms with van der Waals surface area (Å²) in [5, 5.41) is 19.5. The number of nitro benzene ring substituents is 1. The van der Waals surface area contributed by atoms with Gasteiger partial charge in [-0.25, -0.2) is 9.36 Å². The van der Waals surface area contributed by atoms with Crippen LogP contribution in [-0.4, -0.2) is 42.3 Å². The van der Waals surface area contributed by atoms with E-state index in [1.807, 2.05) is 36.5 Å². The van der Waals surface area contributed by atoms with Crippen molar-refractivity contribution < 1.29 is 14.5 Å². The number of rotatable bonds is 8. The average molecular weight is 432 g/mol. The molecule has 0 N–H and O–H groups in total. The van der Waals surface area contributed by atoms with Crippen LogP contribution >= 0.6 is 0 Å². The van der Waals surface area contributed by atoms with Gasteiger partial charge in [0.15, 0.2) is 18.2 Å². The number of carbonyl (C=O) groups is 1. The standard InChI is InChI=1S/C22H20N6O4/c1-25(15-17-7-9-18(10-8-17)27-13-4-12-23-27)22(29)19-11-14-26(24-19)16-32-21-6-3-2-5-20(21)28(30)31/h2-14H,15-16H2,1H3. The lowest BCUT2D eigenvalue weighted by molar-refractivity contribution is -0.386. The third-order valence-electron chi connectivity index (χ3n) is 4.75. The van der Waals surface area contributed by atoms with E-state index in [4.69, 9.17) is 4.74 Å². The third kappa shape index (κ3) is 4.64. The highest BCUT2D eigenvalue weighted by atomic mass is 16.6. The Balaban J connectivity index is 1.36. The van der Waals surface area contributed by atoms with Crippen LogP contribution in [0.4, 0.5) is 5.69 Å².